The van der Waals surface area contributed by atoms with Gasteiger partial charge in [-0.15, -0.1) is 11.3 Å². The molecule has 122 valence electrons. The lowest BCUT2D eigenvalue weighted by Gasteiger charge is -2.32. The second kappa shape index (κ2) is 6.62. The fraction of sp³-hybridized carbons (Fsp3) is 0.500. The van der Waals surface area contributed by atoms with Gasteiger partial charge in [0, 0.05) is 35.8 Å². The van der Waals surface area contributed by atoms with Gasteiger partial charge in [-0.2, -0.15) is 0 Å². The first-order chi connectivity index (χ1) is 11.0. The standard InChI is InChI=1S/C16H20N4O2S/c1-10-14(23-11(2)18-10)8-15(21)20-7-3-4-12(9-20)13-5-6-17-16(22)19-13/h5-6,12H,3-4,7-9H2,1-2H3,(H,17,19,22)/t12-/m1/s1. The van der Waals surface area contributed by atoms with Crippen LogP contribution in [0.3, 0.4) is 0 Å². The summed E-state index contributed by atoms with van der Waals surface area (Å²) in [4.78, 5) is 37.8. The number of aromatic nitrogens is 3. The van der Waals surface area contributed by atoms with Crippen molar-refractivity contribution in [3.8, 4) is 0 Å². The molecule has 1 amide bonds. The number of likely N-dealkylation sites (tertiary alicyclic amines) is 1. The molecule has 6 nitrogen and oxygen atoms in total. The Balaban J connectivity index is 1.69. The number of hydrogen-bond acceptors (Lipinski definition) is 5. The zero-order valence-corrected chi connectivity index (χ0v) is 14.2. The van der Waals surface area contributed by atoms with E-state index in [-0.39, 0.29) is 17.5 Å². The summed E-state index contributed by atoms with van der Waals surface area (Å²) in [5, 5.41) is 0.996. The van der Waals surface area contributed by atoms with Gasteiger partial charge >= 0.3 is 5.69 Å². The Hall–Kier alpha value is -2.02. The maximum atomic E-state index is 12.6. The lowest BCUT2D eigenvalue weighted by Crippen LogP contribution is -2.40. The predicted molar refractivity (Wildman–Crippen MR) is 88.7 cm³/mol. The summed E-state index contributed by atoms with van der Waals surface area (Å²) >= 11 is 1.59. The van der Waals surface area contributed by atoms with Gasteiger partial charge < -0.3 is 9.88 Å². The molecule has 0 bridgehead atoms. The Morgan fingerprint density at radius 1 is 1.48 bits per heavy atom. The van der Waals surface area contributed by atoms with E-state index in [0.29, 0.717) is 13.0 Å². The van der Waals surface area contributed by atoms with Crippen LogP contribution in [0.5, 0.6) is 0 Å². The average Bonchev–Trinajstić information content (AvgIpc) is 2.85. The first-order valence-electron chi connectivity index (χ1n) is 7.79. The van der Waals surface area contributed by atoms with Crippen LogP contribution in [0.4, 0.5) is 0 Å². The van der Waals surface area contributed by atoms with E-state index < -0.39 is 0 Å². The van der Waals surface area contributed by atoms with Gasteiger partial charge in [-0.05, 0) is 32.8 Å². The zero-order chi connectivity index (χ0) is 16.4. The van der Waals surface area contributed by atoms with Gasteiger partial charge in [0.15, 0.2) is 0 Å². The second-order valence-electron chi connectivity index (χ2n) is 5.93. The van der Waals surface area contributed by atoms with Gasteiger partial charge in [0.2, 0.25) is 5.91 Å². The van der Waals surface area contributed by atoms with Crippen LogP contribution < -0.4 is 5.69 Å². The van der Waals surface area contributed by atoms with Crippen LogP contribution in [0.25, 0.3) is 0 Å². The van der Waals surface area contributed by atoms with Crippen LogP contribution in [-0.4, -0.2) is 38.8 Å². The zero-order valence-electron chi connectivity index (χ0n) is 13.3. The van der Waals surface area contributed by atoms with E-state index in [1.807, 2.05) is 24.8 Å². The molecule has 1 aliphatic heterocycles. The van der Waals surface area contributed by atoms with E-state index in [0.717, 1.165) is 40.7 Å². The minimum Gasteiger partial charge on any atom is -0.342 e. The summed E-state index contributed by atoms with van der Waals surface area (Å²) in [6.45, 7) is 5.34. The topological polar surface area (TPSA) is 79.0 Å². The average molecular weight is 332 g/mol. The SMILES string of the molecule is Cc1nc(C)c(CC(=O)N2CCC[C@@H](c3ccnc(=O)[nH]3)C2)s1. The minimum absolute atomic E-state index is 0.137. The molecule has 0 aliphatic carbocycles. The van der Waals surface area contributed by atoms with Crippen molar-refractivity contribution in [2.75, 3.05) is 13.1 Å². The van der Waals surface area contributed by atoms with Crippen molar-refractivity contribution < 1.29 is 4.79 Å². The fourth-order valence-electron chi connectivity index (χ4n) is 3.06. The highest BCUT2D eigenvalue weighted by atomic mass is 32.1. The van der Waals surface area contributed by atoms with Crippen LogP contribution in [0, 0.1) is 13.8 Å². The molecule has 1 atom stereocenters. The van der Waals surface area contributed by atoms with Crippen LogP contribution in [-0.2, 0) is 11.2 Å². The fourth-order valence-corrected chi connectivity index (χ4v) is 3.99. The summed E-state index contributed by atoms with van der Waals surface area (Å²) in [5.41, 5.74) is 1.49. The molecule has 2 aromatic rings. The van der Waals surface area contributed by atoms with E-state index in [1.54, 1.807) is 11.3 Å². The lowest BCUT2D eigenvalue weighted by atomic mass is 9.94. The third-order valence-electron chi connectivity index (χ3n) is 4.22. The highest BCUT2D eigenvalue weighted by Gasteiger charge is 2.26. The molecular weight excluding hydrogens is 312 g/mol. The molecule has 0 aromatic carbocycles. The number of carbonyl (C=O) groups excluding carboxylic acids is 1. The number of rotatable bonds is 3. The van der Waals surface area contributed by atoms with Crippen molar-refractivity contribution in [1.82, 2.24) is 19.9 Å². The van der Waals surface area contributed by atoms with Crippen LogP contribution in [0.2, 0.25) is 0 Å². The van der Waals surface area contributed by atoms with E-state index in [1.165, 1.54) is 6.20 Å². The summed E-state index contributed by atoms with van der Waals surface area (Å²) in [7, 11) is 0. The van der Waals surface area contributed by atoms with Crippen LogP contribution >= 0.6 is 11.3 Å². The predicted octanol–water partition coefficient (Wildman–Crippen LogP) is 1.79. The monoisotopic (exact) mass is 332 g/mol. The molecule has 1 fully saturated rings. The summed E-state index contributed by atoms with van der Waals surface area (Å²) in [6.07, 6.45) is 3.86. The number of amides is 1. The summed E-state index contributed by atoms with van der Waals surface area (Å²) < 4.78 is 0. The molecule has 0 spiro atoms. The number of aromatic amines is 1. The highest BCUT2D eigenvalue weighted by Crippen LogP contribution is 2.26. The summed E-state index contributed by atoms with van der Waals surface area (Å²) in [5.74, 6) is 0.311. The van der Waals surface area contributed by atoms with E-state index in [9.17, 15) is 9.59 Å². The number of H-pyrrole nitrogens is 1. The van der Waals surface area contributed by atoms with Crippen molar-refractivity contribution in [2.24, 2.45) is 0 Å². The molecule has 0 saturated carbocycles. The smallest absolute Gasteiger partial charge is 0.342 e. The van der Waals surface area contributed by atoms with E-state index in [2.05, 4.69) is 15.0 Å². The molecule has 3 heterocycles. The molecule has 2 aromatic heterocycles. The van der Waals surface area contributed by atoms with Gasteiger partial charge in [0.1, 0.15) is 0 Å². The quantitative estimate of drug-likeness (QED) is 0.929. The molecule has 0 unspecified atom stereocenters. The highest BCUT2D eigenvalue weighted by molar-refractivity contribution is 7.11. The maximum Gasteiger partial charge on any atom is 0.345 e. The van der Waals surface area contributed by atoms with Gasteiger partial charge in [0.25, 0.3) is 0 Å². The van der Waals surface area contributed by atoms with Crippen molar-refractivity contribution in [1.29, 1.82) is 0 Å². The number of nitrogens with zero attached hydrogens (tertiary/aromatic N) is 3. The Morgan fingerprint density at radius 3 is 3.00 bits per heavy atom. The van der Waals surface area contributed by atoms with Crippen molar-refractivity contribution in [3.05, 3.63) is 44.0 Å². The number of aryl methyl sites for hydroxylation is 2. The van der Waals surface area contributed by atoms with Crippen LogP contribution in [0.15, 0.2) is 17.1 Å². The Labute approximate surface area is 138 Å². The van der Waals surface area contributed by atoms with Gasteiger partial charge in [-0.3, -0.25) is 4.79 Å². The minimum atomic E-state index is -0.332. The number of hydrogen-bond donors (Lipinski definition) is 1. The first-order valence-corrected chi connectivity index (χ1v) is 8.60. The Morgan fingerprint density at radius 2 is 2.30 bits per heavy atom. The number of piperidine rings is 1. The Kier molecular flexibility index (Phi) is 4.56. The molecule has 7 heteroatoms. The Bertz CT molecular complexity index is 767. The van der Waals surface area contributed by atoms with Crippen molar-refractivity contribution in [3.63, 3.8) is 0 Å². The van der Waals surface area contributed by atoms with E-state index in [4.69, 9.17) is 0 Å². The molecule has 1 N–H and O–H groups in total. The van der Waals surface area contributed by atoms with Crippen molar-refractivity contribution >= 4 is 17.2 Å². The van der Waals surface area contributed by atoms with E-state index >= 15 is 0 Å². The lowest BCUT2D eigenvalue weighted by molar-refractivity contribution is -0.131. The van der Waals surface area contributed by atoms with Gasteiger partial charge in [0.05, 0.1) is 17.1 Å². The second-order valence-corrected chi connectivity index (χ2v) is 7.22. The number of nitrogens with one attached hydrogen (secondary N) is 1. The largest absolute Gasteiger partial charge is 0.345 e. The third-order valence-corrected chi connectivity index (χ3v) is 5.30. The number of carbonyl (C=O) groups is 1. The normalized spacial score (nSPS) is 18.2. The molecule has 23 heavy (non-hydrogen) atoms. The van der Waals surface area contributed by atoms with Crippen LogP contribution in [0.1, 0.15) is 40.0 Å². The molecule has 1 saturated heterocycles. The molecule has 0 radical (unpaired) electrons. The molecule has 3 rings (SSSR count). The van der Waals surface area contributed by atoms with Crippen molar-refractivity contribution in [2.45, 2.75) is 39.0 Å². The number of thiazole rings is 1. The molecule has 1 aliphatic rings. The summed E-state index contributed by atoms with van der Waals surface area (Å²) in [6, 6.07) is 1.83. The maximum absolute atomic E-state index is 12.6. The third kappa shape index (κ3) is 3.67. The van der Waals surface area contributed by atoms with Gasteiger partial charge in [-0.1, -0.05) is 0 Å². The first kappa shape index (κ1) is 15.9. The van der Waals surface area contributed by atoms with Gasteiger partial charge in [-0.25, -0.2) is 14.8 Å². The molecular formula is C16H20N4O2S.